The minimum Gasteiger partial charge on any atom is -0.368 e. The zero-order valence-corrected chi connectivity index (χ0v) is 11.3. The molecule has 2 aromatic rings. The van der Waals surface area contributed by atoms with E-state index in [-0.39, 0.29) is 5.95 Å². The first kappa shape index (κ1) is 13.4. The number of rotatable bonds is 6. The van der Waals surface area contributed by atoms with Crippen LogP contribution >= 0.6 is 0 Å². The Morgan fingerprint density at radius 2 is 2.26 bits per heavy atom. The number of hydrogen-bond acceptors (Lipinski definition) is 7. The second-order valence-corrected chi connectivity index (χ2v) is 5.51. The summed E-state index contributed by atoms with van der Waals surface area (Å²) in [6.07, 6.45) is 4.91. The van der Waals surface area contributed by atoms with Crippen molar-refractivity contribution < 1.29 is 4.21 Å². The number of nitrogen functional groups attached to an aromatic ring is 1. The van der Waals surface area contributed by atoms with Crippen LogP contribution in [0.1, 0.15) is 6.92 Å². The third-order valence-corrected chi connectivity index (χ3v) is 3.61. The van der Waals surface area contributed by atoms with Crippen LogP contribution in [0.25, 0.3) is 5.95 Å². The van der Waals surface area contributed by atoms with E-state index in [1.807, 2.05) is 6.92 Å². The Labute approximate surface area is 113 Å². The summed E-state index contributed by atoms with van der Waals surface area (Å²) in [5.41, 5.74) is 5.63. The number of nitrogens with one attached hydrogen (secondary N) is 1. The molecule has 9 heteroatoms. The first-order valence-electron chi connectivity index (χ1n) is 5.77. The van der Waals surface area contributed by atoms with Gasteiger partial charge < -0.3 is 11.1 Å². The molecule has 0 spiro atoms. The van der Waals surface area contributed by atoms with Crippen molar-refractivity contribution in [2.24, 2.45) is 0 Å². The molecule has 102 valence electrons. The fraction of sp³-hybridized carbons (Fsp3) is 0.400. The van der Waals surface area contributed by atoms with Crippen LogP contribution in [0.4, 0.5) is 11.9 Å². The third kappa shape index (κ3) is 3.71. The van der Waals surface area contributed by atoms with Crippen LogP contribution in [-0.2, 0) is 10.8 Å². The van der Waals surface area contributed by atoms with E-state index in [9.17, 15) is 4.21 Å². The molecule has 0 aliphatic carbocycles. The molecule has 0 aliphatic rings. The first-order chi connectivity index (χ1) is 9.19. The maximum Gasteiger partial charge on any atom is 0.241 e. The van der Waals surface area contributed by atoms with Crippen molar-refractivity contribution in [2.75, 3.05) is 29.1 Å². The monoisotopic (exact) mass is 281 g/mol. The maximum absolute atomic E-state index is 11.3. The molecule has 1 atom stereocenters. The molecule has 0 saturated heterocycles. The molecule has 8 nitrogen and oxygen atoms in total. The van der Waals surface area contributed by atoms with Gasteiger partial charge >= 0.3 is 0 Å². The predicted molar refractivity (Wildman–Crippen MR) is 73.4 cm³/mol. The lowest BCUT2D eigenvalue weighted by Gasteiger charge is -2.07. The van der Waals surface area contributed by atoms with E-state index in [1.54, 1.807) is 23.3 Å². The van der Waals surface area contributed by atoms with Crippen LogP contribution in [0.5, 0.6) is 0 Å². The average molecular weight is 281 g/mol. The lowest BCUT2D eigenvalue weighted by Crippen LogP contribution is -2.15. The highest BCUT2D eigenvalue weighted by Crippen LogP contribution is 2.06. The summed E-state index contributed by atoms with van der Waals surface area (Å²) in [5, 5.41) is 2.98. The van der Waals surface area contributed by atoms with Crippen molar-refractivity contribution in [2.45, 2.75) is 6.92 Å². The highest BCUT2D eigenvalue weighted by molar-refractivity contribution is 7.84. The van der Waals surface area contributed by atoms with Gasteiger partial charge in [-0.1, -0.05) is 6.92 Å². The van der Waals surface area contributed by atoms with E-state index >= 15 is 0 Å². The third-order valence-electron chi connectivity index (χ3n) is 2.31. The maximum atomic E-state index is 11.3. The summed E-state index contributed by atoms with van der Waals surface area (Å²) in [7, 11) is -0.821. The van der Waals surface area contributed by atoms with Crippen molar-refractivity contribution in [1.82, 2.24) is 24.5 Å². The number of nitrogens with two attached hydrogens (primary N) is 1. The Hall–Kier alpha value is -2.03. The van der Waals surface area contributed by atoms with Crippen molar-refractivity contribution >= 4 is 22.7 Å². The topological polar surface area (TPSA) is 112 Å². The van der Waals surface area contributed by atoms with Gasteiger partial charge in [-0.15, -0.1) is 0 Å². The molecule has 0 saturated carbocycles. The predicted octanol–water partition coefficient (Wildman–Crippen LogP) is -0.180. The zero-order valence-electron chi connectivity index (χ0n) is 10.5. The van der Waals surface area contributed by atoms with Gasteiger partial charge in [-0.05, 0) is 0 Å². The van der Waals surface area contributed by atoms with Gasteiger partial charge in [-0.25, -0.2) is 4.98 Å². The van der Waals surface area contributed by atoms with Crippen LogP contribution in [0, 0.1) is 0 Å². The van der Waals surface area contributed by atoms with E-state index in [0.29, 0.717) is 29.9 Å². The molecule has 0 aliphatic heterocycles. The normalized spacial score (nSPS) is 12.3. The lowest BCUT2D eigenvalue weighted by atomic mass is 10.7. The van der Waals surface area contributed by atoms with E-state index in [4.69, 9.17) is 5.73 Å². The smallest absolute Gasteiger partial charge is 0.241 e. The van der Waals surface area contributed by atoms with Crippen molar-refractivity contribution in [3.8, 4) is 5.95 Å². The number of anilines is 2. The van der Waals surface area contributed by atoms with E-state index in [0.717, 1.165) is 0 Å². The fourth-order valence-corrected chi connectivity index (χ4v) is 1.99. The van der Waals surface area contributed by atoms with Gasteiger partial charge in [0.25, 0.3) is 0 Å². The molecule has 3 N–H and O–H groups in total. The Kier molecular flexibility index (Phi) is 4.39. The van der Waals surface area contributed by atoms with Crippen LogP contribution in [0.3, 0.4) is 0 Å². The molecule has 1 unspecified atom stereocenters. The minimum atomic E-state index is -0.821. The van der Waals surface area contributed by atoms with Gasteiger partial charge in [0, 0.05) is 41.2 Å². The molecular weight excluding hydrogens is 266 g/mol. The summed E-state index contributed by atoms with van der Waals surface area (Å²) < 4.78 is 12.9. The molecule has 0 aromatic carbocycles. The Balaban J connectivity index is 2.07. The summed E-state index contributed by atoms with van der Waals surface area (Å²) >= 11 is 0. The standard InChI is InChI=1S/C10H15N7OS/c1-2-19(18)6-4-13-9-14-8(11)15-10(16-9)17-5-3-12-7-17/h3,5,7H,2,4,6H2,1H3,(H3,11,13,14,15,16). The molecule has 2 rings (SSSR count). The molecule has 2 heterocycles. The summed E-state index contributed by atoms with van der Waals surface area (Å²) in [6, 6.07) is 0. The van der Waals surface area contributed by atoms with Crippen molar-refractivity contribution in [3.05, 3.63) is 18.7 Å². The van der Waals surface area contributed by atoms with Crippen molar-refractivity contribution in [1.29, 1.82) is 0 Å². The van der Waals surface area contributed by atoms with Crippen LogP contribution in [-0.4, -0.2) is 46.8 Å². The Morgan fingerprint density at radius 1 is 1.42 bits per heavy atom. The highest BCUT2D eigenvalue weighted by Gasteiger charge is 2.06. The number of hydrogen-bond donors (Lipinski definition) is 2. The average Bonchev–Trinajstić information content (AvgIpc) is 2.91. The molecule has 2 aromatic heterocycles. The van der Waals surface area contributed by atoms with Gasteiger partial charge in [0.1, 0.15) is 6.33 Å². The van der Waals surface area contributed by atoms with Gasteiger partial charge in [-0.2, -0.15) is 15.0 Å². The Bertz CT molecular complexity index is 557. The lowest BCUT2D eigenvalue weighted by molar-refractivity contribution is 0.684. The second kappa shape index (κ2) is 6.23. The second-order valence-electron chi connectivity index (χ2n) is 3.65. The molecule has 0 bridgehead atoms. The molecule has 0 fully saturated rings. The minimum absolute atomic E-state index is 0.123. The quantitative estimate of drug-likeness (QED) is 0.755. The van der Waals surface area contributed by atoms with Crippen LogP contribution < -0.4 is 11.1 Å². The summed E-state index contributed by atoms with van der Waals surface area (Å²) in [6.45, 7) is 2.40. The summed E-state index contributed by atoms with van der Waals surface area (Å²) in [5.74, 6) is 2.07. The number of nitrogens with zero attached hydrogens (tertiary/aromatic N) is 5. The van der Waals surface area contributed by atoms with Gasteiger partial charge in [0.15, 0.2) is 0 Å². The van der Waals surface area contributed by atoms with Gasteiger partial charge in [-0.3, -0.25) is 8.78 Å². The molecule has 19 heavy (non-hydrogen) atoms. The zero-order chi connectivity index (χ0) is 13.7. The van der Waals surface area contributed by atoms with E-state index < -0.39 is 10.8 Å². The number of aromatic nitrogens is 5. The molecule has 0 amide bonds. The van der Waals surface area contributed by atoms with Crippen LogP contribution in [0.15, 0.2) is 18.7 Å². The first-order valence-corrected chi connectivity index (χ1v) is 7.26. The SMILES string of the molecule is CCS(=O)CCNc1nc(N)nc(-n2ccnc2)n1. The molecule has 0 radical (unpaired) electrons. The van der Waals surface area contributed by atoms with E-state index in [2.05, 4.69) is 25.3 Å². The largest absolute Gasteiger partial charge is 0.368 e. The molecular formula is C10H15N7OS. The summed E-state index contributed by atoms with van der Waals surface area (Å²) in [4.78, 5) is 16.1. The Morgan fingerprint density at radius 3 is 2.95 bits per heavy atom. The number of imidazole rings is 1. The van der Waals surface area contributed by atoms with Crippen LogP contribution in [0.2, 0.25) is 0 Å². The van der Waals surface area contributed by atoms with Gasteiger partial charge in [0.05, 0.1) is 0 Å². The van der Waals surface area contributed by atoms with Gasteiger partial charge in [0.2, 0.25) is 17.8 Å². The highest BCUT2D eigenvalue weighted by atomic mass is 32.2. The van der Waals surface area contributed by atoms with Crippen molar-refractivity contribution in [3.63, 3.8) is 0 Å². The fourth-order valence-electron chi connectivity index (χ4n) is 1.37. The van der Waals surface area contributed by atoms with E-state index in [1.165, 1.54) is 0 Å².